The molecule has 1 unspecified atom stereocenters. The molecule has 0 saturated carbocycles. The molecule has 45 heavy (non-hydrogen) atoms. The number of carboxylic acid groups (broad SMARTS) is 1. The van der Waals surface area contributed by atoms with Gasteiger partial charge in [-0.15, -0.1) is 0 Å². The highest BCUT2D eigenvalue weighted by Crippen LogP contribution is 2.32. The van der Waals surface area contributed by atoms with Gasteiger partial charge in [-0.05, 0) is 36.6 Å². The second-order valence-electron chi connectivity index (χ2n) is 10.8. The topological polar surface area (TPSA) is 145 Å². The van der Waals surface area contributed by atoms with Crippen LogP contribution in [0, 0.1) is 12.8 Å². The first kappa shape index (κ1) is 32.8. The number of nitrogens with one attached hydrogen (secondary N) is 2. The summed E-state index contributed by atoms with van der Waals surface area (Å²) in [4.78, 5) is 51.4. The number of aryl methyl sites for hydroxylation is 2. The molecule has 0 radical (unpaired) electrons. The number of ether oxygens (including phenoxy) is 1. The first-order chi connectivity index (χ1) is 21.2. The Labute approximate surface area is 256 Å². The van der Waals surface area contributed by atoms with Crippen LogP contribution in [0.2, 0.25) is 0 Å². The zero-order valence-corrected chi connectivity index (χ0v) is 24.9. The van der Waals surface area contributed by atoms with Crippen LogP contribution in [0.1, 0.15) is 42.0 Å². The molecular formula is C31H32F3N5O6. The van der Waals surface area contributed by atoms with Gasteiger partial charge in [-0.2, -0.15) is 18.3 Å². The zero-order chi connectivity index (χ0) is 33.1. The Balaban J connectivity index is 1.52. The molecule has 4 rings (SSSR count). The van der Waals surface area contributed by atoms with Crippen LogP contribution in [0.5, 0.6) is 5.88 Å². The number of hydrogen-bond donors (Lipinski definition) is 3. The van der Waals surface area contributed by atoms with E-state index in [1.807, 2.05) is 24.3 Å². The molecule has 0 aliphatic carbocycles. The summed E-state index contributed by atoms with van der Waals surface area (Å²) in [6.45, 7) is 4.24. The van der Waals surface area contributed by atoms with Crippen LogP contribution in [0.25, 0.3) is 16.6 Å². The van der Waals surface area contributed by atoms with Crippen LogP contribution in [-0.2, 0) is 27.6 Å². The summed E-state index contributed by atoms with van der Waals surface area (Å²) in [7, 11) is 1.72. The number of rotatable bonds is 12. The Bertz CT molecular complexity index is 1690. The van der Waals surface area contributed by atoms with Gasteiger partial charge in [0, 0.05) is 24.0 Å². The minimum atomic E-state index is -4.80. The first-order valence-corrected chi connectivity index (χ1v) is 13.9. The molecule has 0 spiro atoms. The average molecular weight is 628 g/mol. The fourth-order valence-electron chi connectivity index (χ4n) is 4.94. The van der Waals surface area contributed by atoms with Gasteiger partial charge in [-0.25, -0.2) is 4.68 Å². The second kappa shape index (κ2) is 13.2. The van der Waals surface area contributed by atoms with Crippen molar-refractivity contribution in [2.75, 3.05) is 6.61 Å². The molecule has 0 aliphatic heterocycles. The lowest BCUT2D eigenvalue weighted by Gasteiger charge is -2.25. The number of alkyl halides is 3. The molecule has 11 nitrogen and oxygen atoms in total. The largest absolute Gasteiger partial charge is 0.481 e. The average Bonchev–Trinajstić information content (AvgIpc) is 3.53. The van der Waals surface area contributed by atoms with Gasteiger partial charge in [0.15, 0.2) is 18.1 Å². The highest BCUT2D eigenvalue weighted by molar-refractivity contribution is 6.03. The van der Waals surface area contributed by atoms with E-state index < -0.39 is 72.3 Å². The van der Waals surface area contributed by atoms with Crippen molar-refractivity contribution in [1.29, 1.82) is 0 Å². The predicted octanol–water partition coefficient (Wildman–Crippen LogP) is 4.05. The number of carbonyl (C=O) groups excluding carboxylic acids is 3. The van der Waals surface area contributed by atoms with Crippen LogP contribution < -0.4 is 15.4 Å². The normalized spacial score (nSPS) is 13.0. The molecule has 2 aromatic heterocycles. The molecule has 2 heterocycles. The minimum Gasteiger partial charge on any atom is -0.481 e. The third-order valence-electron chi connectivity index (χ3n) is 7.22. The number of ketones is 1. The maximum Gasteiger partial charge on any atom is 0.435 e. The third-order valence-corrected chi connectivity index (χ3v) is 7.22. The monoisotopic (exact) mass is 627 g/mol. The van der Waals surface area contributed by atoms with Crippen molar-refractivity contribution in [2.24, 2.45) is 13.0 Å². The Morgan fingerprint density at radius 2 is 1.64 bits per heavy atom. The van der Waals surface area contributed by atoms with E-state index in [4.69, 9.17) is 4.74 Å². The van der Waals surface area contributed by atoms with Crippen LogP contribution in [0.3, 0.4) is 0 Å². The molecule has 14 heteroatoms. The molecule has 4 aromatic rings. The lowest BCUT2D eigenvalue weighted by molar-refractivity contribution is -0.142. The number of aromatic nitrogens is 3. The molecule has 238 valence electrons. The van der Waals surface area contributed by atoms with Gasteiger partial charge in [-0.3, -0.25) is 19.2 Å². The van der Waals surface area contributed by atoms with Crippen LogP contribution in [0.15, 0.2) is 60.7 Å². The van der Waals surface area contributed by atoms with Crippen molar-refractivity contribution in [3.63, 3.8) is 0 Å². The van der Waals surface area contributed by atoms with Gasteiger partial charge < -0.3 is 25.0 Å². The van der Waals surface area contributed by atoms with Crippen molar-refractivity contribution in [3.8, 4) is 11.6 Å². The quantitative estimate of drug-likeness (QED) is 0.215. The Hall–Kier alpha value is -5.14. The molecule has 0 aliphatic rings. The number of halogens is 3. The third kappa shape index (κ3) is 7.33. The predicted molar refractivity (Wildman–Crippen MR) is 157 cm³/mol. The highest BCUT2D eigenvalue weighted by atomic mass is 19.4. The van der Waals surface area contributed by atoms with Crippen molar-refractivity contribution in [2.45, 2.75) is 45.5 Å². The molecular weight excluding hydrogens is 595 g/mol. The number of Topliss-reactive ketones (excluding diaryl/α,β-unsaturated/α-hetero) is 1. The zero-order valence-electron chi connectivity index (χ0n) is 24.9. The van der Waals surface area contributed by atoms with E-state index in [0.29, 0.717) is 17.3 Å². The van der Waals surface area contributed by atoms with E-state index in [-0.39, 0.29) is 5.69 Å². The van der Waals surface area contributed by atoms with Crippen LogP contribution in [-0.4, -0.2) is 61.7 Å². The summed E-state index contributed by atoms with van der Waals surface area (Å²) in [5.74, 6) is -4.58. The van der Waals surface area contributed by atoms with Gasteiger partial charge in [0.25, 0.3) is 5.91 Å². The van der Waals surface area contributed by atoms with Crippen LogP contribution >= 0.6 is 0 Å². The summed E-state index contributed by atoms with van der Waals surface area (Å²) in [5.41, 5.74) is 0.806. The summed E-state index contributed by atoms with van der Waals surface area (Å²) in [6.07, 6.45) is -5.64. The molecule has 0 bridgehead atoms. The van der Waals surface area contributed by atoms with Gasteiger partial charge in [-0.1, -0.05) is 50.2 Å². The summed E-state index contributed by atoms with van der Waals surface area (Å²) in [6, 6.07) is 13.0. The van der Waals surface area contributed by atoms with Crippen molar-refractivity contribution in [3.05, 3.63) is 77.6 Å². The number of amides is 2. The molecule has 2 atom stereocenters. The maximum absolute atomic E-state index is 13.4. The van der Waals surface area contributed by atoms with E-state index in [1.165, 1.54) is 12.1 Å². The van der Waals surface area contributed by atoms with E-state index in [0.717, 1.165) is 15.6 Å². The SMILES string of the molecule is Cc1c(C(=O)N[C@H](C(=O)NC(CC(=O)O)C(=O)COc2cc(C(F)(F)F)nn2-c2ccccc2)C(C)C)n(C)c2ccccc12. The maximum atomic E-state index is 13.4. The van der Waals surface area contributed by atoms with E-state index in [9.17, 15) is 37.5 Å². The Morgan fingerprint density at radius 1 is 1.00 bits per heavy atom. The fraction of sp³-hybridized carbons (Fsp3) is 0.323. The summed E-state index contributed by atoms with van der Waals surface area (Å²) >= 11 is 0. The Kier molecular flexibility index (Phi) is 9.64. The lowest BCUT2D eigenvalue weighted by Crippen LogP contribution is -2.54. The van der Waals surface area contributed by atoms with E-state index in [2.05, 4.69) is 15.7 Å². The minimum absolute atomic E-state index is 0.225. The van der Waals surface area contributed by atoms with Crippen molar-refractivity contribution < 1.29 is 42.2 Å². The smallest absolute Gasteiger partial charge is 0.435 e. The number of carboxylic acids is 1. The molecule has 0 fully saturated rings. The molecule has 2 aromatic carbocycles. The van der Waals surface area contributed by atoms with Gasteiger partial charge in [0.05, 0.1) is 12.1 Å². The number of carbonyl (C=O) groups is 4. The molecule has 3 N–H and O–H groups in total. The summed E-state index contributed by atoms with van der Waals surface area (Å²) < 4.78 is 48.2. The fourth-order valence-corrected chi connectivity index (χ4v) is 4.94. The first-order valence-electron chi connectivity index (χ1n) is 13.9. The van der Waals surface area contributed by atoms with E-state index in [1.54, 1.807) is 50.6 Å². The number of benzene rings is 2. The van der Waals surface area contributed by atoms with Gasteiger partial charge >= 0.3 is 12.1 Å². The number of para-hydroxylation sites is 2. The number of hydrogen-bond acceptors (Lipinski definition) is 6. The lowest BCUT2D eigenvalue weighted by atomic mass is 10.0. The summed E-state index contributed by atoms with van der Waals surface area (Å²) in [5, 5.41) is 18.9. The standard InChI is InChI=1S/C31H32F3N5O6/c1-17(2)27(36-30(44)28-18(3)20-12-8-9-13-22(20)38(28)4)29(43)35-21(14-26(41)42)23(40)16-45-25-15-24(31(32,33)34)37-39(25)19-10-6-5-7-11-19/h5-13,15,17,21,27H,14,16H2,1-4H3,(H,35,43)(H,36,44)(H,41,42)/t21?,27-/m0/s1. The molecule has 2 amide bonds. The Morgan fingerprint density at radius 3 is 2.24 bits per heavy atom. The number of aliphatic carboxylic acids is 1. The van der Waals surface area contributed by atoms with Crippen LogP contribution in [0.4, 0.5) is 13.2 Å². The van der Waals surface area contributed by atoms with Crippen molar-refractivity contribution >= 4 is 34.5 Å². The van der Waals surface area contributed by atoms with E-state index >= 15 is 0 Å². The second-order valence-corrected chi connectivity index (χ2v) is 10.8. The number of nitrogens with zero attached hydrogens (tertiary/aromatic N) is 3. The van der Waals surface area contributed by atoms with Gasteiger partial charge in [0.2, 0.25) is 11.8 Å². The highest BCUT2D eigenvalue weighted by Gasteiger charge is 2.36. The number of fused-ring (bicyclic) bond motifs is 1. The van der Waals surface area contributed by atoms with Crippen molar-refractivity contribution in [1.82, 2.24) is 25.0 Å². The molecule has 0 saturated heterocycles. The van der Waals surface area contributed by atoms with Gasteiger partial charge in [0.1, 0.15) is 17.8 Å².